The van der Waals surface area contributed by atoms with Gasteiger partial charge in [-0.3, -0.25) is 4.79 Å². The van der Waals surface area contributed by atoms with E-state index in [9.17, 15) is 18.5 Å². The quantitative estimate of drug-likeness (QED) is 0.440. The van der Waals surface area contributed by atoms with Crippen molar-refractivity contribution in [1.82, 2.24) is 9.78 Å². The number of sulfone groups is 1. The van der Waals surface area contributed by atoms with Crippen molar-refractivity contribution in [1.29, 1.82) is 5.26 Å². The van der Waals surface area contributed by atoms with Crippen molar-refractivity contribution in [2.75, 3.05) is 11.6 Å². The lowest BCUT2D eigenvalue weighted by Gasteiger charge is -2.10. The summed E-state index contributed by atoms with van der Waals surface area (Å²) in [5, 5.41) is 16.9. The fourth-order valence-electron chi connectivity index (χ4n) is 3.64. The van der Waals surface area contributed by atoms with Gasteiger partial charge in [-0.05, 0) is 36.8 Å². The number of anilines is 1. The number of hydrogen-bond donors (Lipinski definition) is 1. The lowest BCUT2D eigenvalue weighted by atomic mass is 9.97. The van der Waals surface area contributed by atoms with E-state index in [1.807, 2.05) is 49.4 Å². The van der Waals surface area contributed by atoms with Gasteiger partial charge < -0.3 is 5.32 Å². The Morgan fingerprint density at radius 3 is 2.18 bits per heavy atom. The third kappa shape index (κ3) is 4.75. The topological polar surface area (TPSA) is 105 Å². The summed E-state index contributed by atoms with van der Waals surface area (Å²) in [6.07, 6.45) is 1.15. The van der Waals surface area contributed by atoms with Crippen LogP contribution in [-0.4, -0.2) is 30.4 Å². The van der Waals surface area contributed by atoms with Crippen molar-refractivity contribution in [3.8, 4) is 28.5 Å². The standard InChI is InChI=1S/C26H22N4O3S/c1-18-8-10-19(11-9-18)23-24(20-12-14-22(15-13-20)34(2,32)33)29-30(17-16-27)25(23)26(31)28-21-6-4-3-5-7-21/h3-15H,17H2,1-2H3,(H,28,31). The largest absolute Gasteiger partial charge is 0.321 e. The number of rotatable bonds is 6. The van der Waals surface area contributed by atoms with Crippen molar-refractivity contribution in [2.45, 2.75) is 18.4 Å². The molecule has 0 saturated heterocycles. The zero-order valence-corrected chi connectivity index (χ0v) is 19.5. The smallest absolute Gasteiger partial charge is 0.274 e. The maximum atomic E-state index is 13.4. The lowest BCUT2D eigenvalue weighted by molar-refractivity contribution is 0.101. The molecule has 0 spiro atoms. The number of aryl methyl sites for hydroxylation is 1. The molecule has 0 radical (unpaired) electrons. The lowest BCUT2D eigenvalue weighted by Crippen LogP contribution is -2.18. The van der Waals surface area contributed by atoms with Crippen LogP contribution in [-0.2, 0) is 16.4 Å². The average Bonchev–Trinajstić information content (AvgIpc) is 3.19. The van der Waals surface area contributed by atoms with E-state index in [4.69, 9.17) is 0 Å². The molecule has 4 aromatic rings. The zero-order chi connectivity index (χ0) is 24.3. The van der Waals surface area contributed by atoms with Crippen molar-refractivity contribution in [3.63, 3.8) is 0 Å². The van der Waals surface area contributed by atoms with Crippen LogP contribution in [0.3, 0.4) is 0 Å². The Labute approximate surface area is 198 Å². The van der Waals surface area contributed by atoms with E-state index in [-0.39, 0.29) is 17.1 Å². The van der Waals surface area contributed by atoms with E-state index in [2.05, 4.69) is 16.5 Å². The van der Waals surface area contributed by atoms with E-state index in [1.165, 1.54) is 16.8 Å². The van der Waals surface area contributed by atoms with Crippen LogP contribution in [0.15, 0.2) is 83.8 Å². The number of carbonyl (C=O) groups is 1. The first kappa shape index (κ1) is 23.0. The fraction of sp³-hybridized carbons (Fsp3) is 0.115. The molecule has 8 heteroatoms. The van der Waals surface area contributed by atoms with Crippen molar-refractivity contribution in [3.05, 3.63) is 90.1 Å². The Bertz CT molecular complexity index is 1480. The maximum Gasteiger partial charge on any atom is 0.274 e. The summed E-state index contributed by atoms with van der Waals surface area (Å²) in [5.74, 6) is -0.400. The Hall–Kier alpha value is -4.22. The molecule has 1 N–H and O–H groups in total. The van der Waals surface area contributed by atoms with Gasteiger partial charge >= 0.3 is 0 Å². The first-order valence-electron chi connectivity index (χ1n) is 10.5. The summed E-state index contributed by atoms with van der Waals surface area (Å²) < 4.78 is 25.2. The van der Waals surface area contributed by atoms with Crippen LogP contribution in [0.4, 0.5) is 5.69 Å². The van der Waals surface area contributed by atoms with E-state index < -0.39 is 15.7 Å². The van der Waals surface area contributed by atoms with Gasteiger partial charge in [-0.2, -0.15) is 10.4 Å². The second kappa shape index (κ2) is 9.33. The number of nitriles is 1. The Morgan fingerprint density at radius 1 is 0.971 bits per heavy atom. The molecule has 1 amide bonds. The highest BCUT2D eigenvalue weighted by Gasteiger charge is 2.26. The SMILES string of the molecule is Cc1ccc(-c2c(-c3ccc(S(C)(=O)=O)cc3)nn(CC#N)c2C(=O)Nc2ccccc2)cc1. The molecule has 0 saturated carbocycles. The number of aromatic nitrogens is 2. The molecule has 0 aliphatic carbocycles. The zero-order valence-electron chi connectivity index (χ0n) is 18.7. The van der Waals surface area contributed by atoms with Gasteiger partial charge in [0, 0.05) is 23.1 Å². The van der Waals surface area contributed by atoms with Gasteiger partial charge in [0.15, 0.2) is 9.84 Å². The molecule has 1 aromatic heterocycles. The summed E-state index contributed by atoms with van der Waals surface area (Å²) >= 11 is 0. The van der Waals surface area contributed by atoms with Crippen LogP contribution < -0.4 is 5.32 Å². The normalized spacial score (nSPS) is 11.1. The second-order valence-corrected chi connectivity index (χ2v) is 9.89. The molecular weight excluding hydrogens is 448 g/mol. The van der Waals surface area contributed by atoms with E-state index in [0.717, 1.165) is 17.4 Å². The van der Waals surface area contributed by atoms with Gasteiger partial charge in [-0.25, -0.2) is 13.1 Å². The first-order chi connectivity index (χ1) is 16.3. The molecule has 4 rings (SSSR count). The van der Waals surface area contributed by atoms with E-state index >= 15 is 0 Å². The number of carbonyl (C=O) groups excluding carboxylic acids is 1. The van der Waals surface area contributed by atoms with Crippen LogP contribution in [0.1, 0.15) is 16.1 Å². The van der Waals surface area contributed by atoms with Crippen molar-refractivity contribution in [2.24, 2.45) is 0 Å². The Morgan fingerprint density at radius 2 is 1.59 bits per heavy atom. The van der Waals surface area contributed by atoms with Crippen LogP contribution in [0.25, 0.3) is 22.4 Å². The summed E-state index contributed by atoms with van der Waals surface area (Å²) in [6, 6.07) is 25.1. The molecule has 0 bridgehead atoms. The molecule has 0 unspecified atom stereocenters. The highest BCUT2D eigenvalue weighted by molar-refractivity contribution is 7.90. The molecule has 1 heterocycles. The number of nitrogens with zero attached hydrogens (tertiary/aromatic N) is 3. The minimum absolute atomic E-state index is 0.127. The van der Waals surface area contributed by atoms with E-state index in [1.54, 1.807) is 24.3 Å². The van der Waals surface area contributed by atoms with Crippen LogP contribution >= 0.6 is 0 Å². The van der Waals surface area contributed by atoms with Crippen LogP contribution in [0, 0.1) is 18.3 Å². The number of amides is 1. The molecule has 0 aliphatic heterocycles. The minimum Gasteiger partial charge on any atom is -0.321 e. The van der Waals surface area contributed by atoms with Gasteiger partial charge in [0.25, 0.3) is 5.91 Å². The molecule has 3 aromatic carbocycles. The third-order valence-corrected chi connectivity index (χ3v) is 6.44. The summed E-state index contributed by atoms with van der Waals surface area (Å²) in [7, 11) is -3.36. The fourth-order valence-corrected chi connectivity index (χ4v) is 4.27. The van der Waals surface area contributed by atoms with Gasteiger partial charge in [0.2, 0.25) is 0 Å². The predicted octanol–water partition coefficient (Wildman–Crippen LogP) is 4.70. The van der Waals surface area contributed by atoms with Crippen molar-refractivity contribution >= 4 is 21.4 Å². The number of hydrogen-bond acceptors (Lipinski definition) is 5. The summed E-state index contributed by atoms with van der Waals surface area (Å²) in [6.45, 7) is 1.84. The minimum atomic E-state index is -3.36. The highest BCUT2D eigenvalue weighted by Crippen LogP contribution is 2.36. The Kier molecular flexibility index (Phi) is 6.30. The number of nitrogens with one attached hydrogen (secondary N) is 1. The van der Waals surface area contributed by atoms with Crippen LogP contribution in [0.2, 0.25) is 0 Å². The second-order valence-electron chi connectivity index (χ2n) is 7.87. The first-order valence-corrected chi connectivity index (χ1v) is 12.4. The van der Waals surface area contributed by atoms with Gasteiger partial charge in [0.1, 0.15) is 17.9 Å². The highest BCUT2D eigenvalue weighted by atomic mass is 32.2. The molecule has 7 nitrogen and oxygen atoms in total. The summed E-state index contributed by atoms with van der Waals surface area (Å²) in [5.41, 5.74) is 4.36. The Balaban J connectivity index is 1.92. The molecule has 0 aliphatic rings. The van der Waals surface area contributed by atoms with Crippen LogP contribution in [0.5, 0.6) is 0 Å². The number of benzene rings is 3. The molecule has 0 fully saturated rings. The summed E-state index contributed by atoms with van der Waals surface area (Å²) in [4.78, 5) is 13.6. The predicted molar refractivity (Wildman–Crippen MR) is 131 cm³/mol. The monoisotopic (exact) mass is 470 g/mol. The maximum absolute atomic E-state index is 13.4. The van der Waals surface area contributed by atoms with E-state index in [0.29, 0.717) is 22.5 Å². The van der Waals surface area contributed by atoms with Gasteiger partial charge in [-0.1, -0.05) is 60.2 Å². The van der Waals surface area contributed by atoms with Gasteiger partial charge in [0.05, 0.1) is 11.0 Å². The molecule has 170 valence electrons. The number of para-hydroxylation sites is 1. The third-order valence-electron chi connectivity index (χ3n) is 5.32. The molecule has 34 heavy (non-hydrogen) atoms. The molecular formula is C26H22N4O3S. The van der Waals surface area contributed by atoms with Crippen molar-refractivity contribution < 1.29 is 13.2 Å². The van der Waals surface area contributed by atoms with Gasteiger partial charge in [-0.15, -0.1) is 0 Å². The molecule has 0 atom stereocenters. The average molecular weight is 471 g/mol.